The standard InChI is InChI=1S/C15H20N4O/c1-20-11-15-18-13(16)10-14(19-15)17-9-5-8-12-6-3-2-4-7-12/h2-4,6-7,10H,5,8-9,11H2,1H3,(H3,16,17,18,19). The van der Waals surface area contributed by atoms with Crippen molar-refractivity contribution in [3.05, 3.63) is 47.8 Å². The summed E-state index contributed by atoms with van der Waals surface area (Å²) in [5, 5.41) is 3.27. The molecule has 5 nitrogen and oxygen atoms in total. The Morgan fingerprint density at radius 1 is 1.20 bits per heavy atom. The number of rotatable bonds is 7. The van der Waals surface area contributed by atoms with Gasteiger partial charge >= 0.3 is 0 Å². The van der Waals surface area contributed by atoms with Gasteiger partial charge in [0.05, 0.1) is 0 Å². The minimum atomic E-state index is 0.365. The van der Waals surface area contributed by atoms with Gasteiger partial charge in [0.25, 0.3) is 0 Å². The number of hydrogen-bond donors (Lipinski definition) is 2. The van der Waals surface area contributed by atoms with Crippen molar-refractivity contribution in [1.29, 1.82) is 0 Å². The molecule has 0 radical (unpaired) electrons. The first-order valence-electron chi connectivity index (χ1n) is 6.68. The Morgan fingerprint density at radius 2 is 2.00 bits per heavy atom. The number of aromatic nitrogens is 2. The predicted molar refractivity (Wildman–Crippen MR) is 80.4 cm³/mol. The van der Waals surface area contributed by atoms with Crippen LogP contribution in [0.3, 0.4) is 0 Å². The summed E-state index contributed by atoms with van der Waals surface area (Å²) < 4.78 is 5.01. The minimum absolute atomic E-state index is 0.365. The van der Waals surface area contributed by atoms with Crippen LogP contribution in [-0.4, -0.2) is 23.6 Å². The number of nitrogens with one attached hydrogen (secondary N) is 1. The molecular formula is C15H20N4O. The van der Waals surface area contributed by atoms with Crippen LogP contribution in [0.1, 0.15) is 17.8 Å². The lowest BCUT2D eigenvalue weighted by molar-refractivity contribution is 0.178. The molecule has 0 fully saturated rings. The smallest absolute Gasteiger partial charge is 0.158 e. The van der Waals surface area contributed by atoms with Crippen molar-refractivity contribution >= 4 is 11.6 Å². The maximum Gasteiger partial charge on any atom is 0.158 e. The Hall–Kier alpha value is -2.14. The van der Waals surface area contributed by atoms with E-state index in [2.05, 4.69) is 39.6 Å². The van der Waals surface area contributed by atoms with Gasteiger partial charge in [-0.3, -0.25) is 0 Å². The Balaban J connectivity index is 1.81. The van der Waals surface area contributed by atoms with Crippen LogP contribution in [0.2, 0.25) is 0 Å². The third kappa shape index (κ3) is 4.51. The lowest BCUT2D eigenvalue weighted by Gasteiger charge is -2.08. The zero-order valence-corrected chi connectivity index (χ0v) is 11.7. The molecule has 0 aliphatic carbocycles. The summed E-state index contributed by atoms with van der Waals surface area (Å²) in [6.45, 7) is 1.21. The van der Waals surface area contributed by atoms with Crippen molar-refractivity contribution in [2.45, 2.75) is 19.4 Å². The molecule has 106 valence electrons. The third-order valence-corrected chi connectivity index (χ3v) is 2.86. The van der Waals surface area contributed by atoms with Crippen LogP contribution in [0.15, 0.2) is 36.4 Å². The zero-order chi connectivity index (χ0) is 14.2. The van der Waals surface area contributed by atoms with Gasteiger partial charge in [-0.05, 0) is 18.4 Å². The van der Waals surface area contributed by atoms with E-state index < -0.39 is 0 Å². The van der Waals surface area contributed by atoms with Crippen LogP contribution in [0.4, 0.5) is 11.6 Å². The van der Waals surface area contributed by atoms with Crippen molar-refractivity contribution in [3.8, 4) is 0 Å². The Bertz CT molecular complexity index is 531. The highest BCUT2D eigenvalue weighted by Crippen LogP contribution is 2.09. The molecule has 0 spiro atoms. The van der Waals surface area contributed by atoms with Gasteiger partial charge in [-0.2, -0.15) is 0 Å². The van der Waals surface area contributed by atoms with Crippen LogP contribution in [0, 0.1) is 0 Å². The molecule has 2 aromatic rings. The summed E-state index contributed by atoms with van der Waals surface area (Å²) in [6.07, 6.45) is 2.08. The molecule has 0 unspecified atom stereocenters. The fourth-order valence-corrected chi connectivity index (χ4v) is 1.96. The molecule has 0 aliphatic heterocycles. The number of anilines is 2. The van der Waals surface area contributed by atoms with Crippen molar-refractivity contribution in [2.75, 3.05) is 24.7 Å². The first-order chi connectivity index (χ1) is 9.78. The number of hydrogen-bond acceptors (Lipinski definition) is 5. The zero-order valence-electron chi connectivity index (χ0n) is 11.7. The summed E-state index contributed by atoms with van der Waals surface area (Å²) in [4.78, 5) is 8.44. The molecule has 0 aliphatic rings. The first kappa shape index (κ1) is 14.3. The summed E-state index contributed by atoms with van der Waals surface area (Å²) in [5.41, 5.74) is 7.08. The Morgan fingerprint density at radius 3 is 2.75 bits per heavy atom. The highest BCUT2D eigenvalue weighted by Gasteiger charge is 2.02. The number of aryl methyl sites for hydroxylation is 1. The van der Waals surface area contributed by atoms with E-state index >= 15 is 0 Å². The van der Waals surface area contributed by atoms with Gasteiger partial charge in [0.2, 0.25) is 0 Å². The van der Waals surface area contributed by atoms with E-state index in [1.165, 1.54) is 5.56 Å². The Labute approximate surface area is 119 Å². The second kappa shape index (κ2) is 7.45. The summed E-state index contributed by atoms with van der Waals surface area (Å²) in [5.74, 6) is 1.80. The van der Waals surface area contributed by atoms with Gasteiger partial charge in [0.15, 0.2) is 5.82 Å². The maximum absolute atomic E-state index is 5.74. The molecule has 20 heavy (non-hydrogen) atoms. The van der Waals surface area contributed by atoms with Crippen molar-refractivity contribution in [2.24, 2.45) is 0 Å². The molecule has 0 saturated carbocycles. The van der Waals surface area contributed by atoms with Crippen LogP contribution >= 0.6 is 0 Å². The molecule has 2 rings (SSSR count). The van der Waals surface area contributed by atoms with E-state index in [4.69, 9.17) is 10.5 Å². The molecule has 1 aromatic carbocycles. The average molecular weight is 272 g/mol. The van der Waals surface area contributed by atoms with Gasteiger partial charge in [0, 0.05) is 19.7 Å². The fraction of sp³-hybridized carbons (Fsp3) is 0.333. The highest BCUT2D eigenvalue weighted by molar-refractivity contribution is 5.44. The highest BCUT2D eigenvalue weighted by atomic mass is 16.5. The summed E-state index contributed by atoms with van der Waals surface area (Å²) in [7, 11) is 1.61. The minimum Gasteiger partial charge on any atom is -0.384 e. The van der Waals surface area contributed by atoms with Gasteiger partial charge in [-0.25, -0.2) is 9.97 Å². The van der Waals surface area contributed by atoms with E-state index in [0.717, 1.165) is 25.2 Å². The molecule has 3 N–H and O–H groups in total. The number of nitrogens with two attached hydrogens (primary N) is 1. The van der Waals surface area contributed by atoms with Crippen LogP contribution < -0.4 is 11.1 Å². The molecule has 0 amide bonds. The van der Waals surface area contributed by atoms with E-state index in [1.54, 1.807) is 13.2 Å². The van der Waals surface area contributed by atoms with E-state index in [-0.39, 0.29) is 0 Å². The van der Waals surface area contributed by atoms with E-state index in [0.29, 0.717) is 18.2 Å². The molecule has 0 saturated heterocycles. The lowest BCUT2D eigenvalue weighted by Crippen LogP contribution is -2.08. The number of nitrogen functional groups attached to an aromatic ring is 1. The van der Waals surface area contributed by atoms with Crippen molar-refractivity contribution in [3.63, 3.8) is 0 Å². The molecule has 1 aromatic heterocycles. The first-order valence-corrected chi connectivity index (χ1v) is 6.68. The van der Waals surface area contributed by atoms with Crippen molar-refractivity contribution < 1.29 is 4.74 Å². The normalized spacial score (nSPS) is 10.4. The topological polar surface area (TPSA) is 73.1 Å². The predicted octanol–water partition coefficient (Wildman–Crippen LogP) is 2.25. The molecule has 1 heterocycles. The van der Waals surface area contributed by atoms with Crippen molar-refractivity contribution in [1.82, 2.24) is 9.97 Å². The Kier molecular flexibility index (Phi) is 5.32. The van der Waals surface area contributed by atoms with Crippen LogP contribution in [-0.2, 0) is 17.8 Å². The number of ether oxygens (including phenoxy) is 1. The second-order valence-corrected chi connectivity index (χ2v) is 4.54. The number of methoxy groups -OCH3 is 1. The van der Waals surface area contributed by atoms with Gasteiger partial charge < -0.3 is 15.8 Å². The average Bonchev–Trinajstić information content (AvgIpc) is 2.45. The summed E-state index contributed by atoms with van der Waals surface area (Å²) >= 11 is 0. The fourth-order valence-electron chi connectivity index (χ4n) is 1.96. The molecule has 0 atom stereocenters. The third-order valence-electron chi connectivity index (χ3n) is 2.86. The van der Waals surface area contributed by atoms with E-state index in [1.807, 2.05) is 6.07 Å². The number of nitrogens with zero attached hydrogens (tertiary/aromatic N) is 2. The van der Waals surface area contributed by atoms with Crippen LogP contribution in [0.5, 0.6) is 0 Å². The number of benzene rings is 1. The van der Waals surface area contributed by atoms with Gasteiger partial charge in [-0.1, -0.05) is 30.3 Å². The van der Waals surface area contributed by atoms with Crippen LogP contribution in [0.25, 0.3) is 0 Å². The summed E-state index contributed by atoms with van der Waals surface area (Å²) in [6, 6.07) is 12.2. The largest absolute Gasteiger partial charge is 0.384 e. The lowest BCUT2D eigenvalue weighted by atomic mass is 10.1. The molecule has 0 bridgehead atoms. The maximum atomic E-state index is 5.74. The molecule has 5 heteroatoms. The SMILES string of the molecule is COCc1nc(N)cc(NCCCc2ccccc2)n1. The molecular weight excluding hydrogens is 252 g/mol. The monoisotopic (exact) mass is 272 g/mol. The quantitative estimate of drug-likeness (QED) is 0.756. The van der Waals surface area contributed by atoms with Gasteiger partial charge in [0.1, 0.15) is 18.2 Å². The van der Waals surface area contributed by atoms with E-state index in [9.17, 15) is 0 Å². The van der Waals surface area contributed by atoms with Gasteiger partial charge in [-0.15, -0.1) is 0 Å². The second-order valence-electron chi connectivity index (χ2n) is 4.54.